The zero-order valence-electron chi connectivity index (χ0n) is 35.0. The van der Waals surface area contributed by atoms with Gasteiger partial charge in [-0.05, 0) is 68.0 Å². The fraction of sp³-hybridized carbons (Fsp3) is 0.455. The number of aromatic nitrogens is 1. The molecule has 330 valence electrons. The van der Waals surface area contributed by atoms with Crippen LogP contribution in [0.3, 0.4) is 0 Å². The Labute approximate surface area is 364 Å². The van der Waals surface area contributed by atoms with Crippen LogP contribution in [0, 0.1) is 5.41 Å². The van der Waals surface area contributed by atoms with Gasteiger partial charge in [0.2, 0.25) is 11.8 Å². The number of anilines is 1. The van der Waals surface area contributed by atoms with Crippen molar-refractivity contribution in [3.63, 3.8) is 0 Å². The molecule has 0 aliphatic carbocycles. The van der Waals surface area contributed by atoms with Gasteiger partial charge in [-0.3, -0.25) is 34.7 Å². The number of carbonyl (C=O) groups excluding carboxylic acids is 4. The summed E-state index contributed by atoms with van der Waals surface area (Å²) >= 11 is 1.32. The molecule has 2 aromatic heterocycles. The number of methoxy groups -OCH3 is 1. The number of hydrogen-bond donors (Lipinski definition) is 5. The lowest BCUT2D eigenvalue weighted by Crippen LogP contribution is -2.52. The number of amides is 4. The minimum atomic E-state index is -3.03. The molecule has 0 bridgehead atoms. The maximum absolute atomic E-state index is 13.1. The number of carbonyl (C=O) groups is 4. The molecule has 2 saturated heterocycles. The van der Waals surface area contributed by atoms with E-state index >= 15 is 0 Å². The minimum Gasteiger partial charge on any atom is -0.493 e. The number of amidine groups is 1. The highest BCUT2D eigenvalue weighted by Crippen LogP contribution is 2.38. The number of nitrogens with zero attached hydrogens (tertiary/aromatic N) is 2. The van der Waals surface area contributed by atoms with Gasteiger partial charge in [-0.15, -0.1) is 11.3 Å². The second-order valence-corrected chi connectivity index (χ2v) is 19.4. The monoisotopic (exact) mass is 887 g/mol. The summed E-state index contributed by atoms with van der Waals surface area (Å²) in [5.74, 6) is 0.00849. The Hall–Kier alpha value is -5.75. The Balaban J connectivity index is 0.815. The second kappa shape index (κ2) is 19.5. The van der Waals surface area contributed by atoms with Crippen LogP contribution in [0.1, 0.15) is 85.0 Å². The maximum Gasteiger partial charge on any atom is 0.259 e. The Morgan fingerprint density at radius 3 is 2.42 bits per heavy atom. The number of nitrogens with one attached hydrogen (secondary N) is 5. The van der Waals surface area contributed by atoms with E-state index < -0.39 is 21.8 Å². The number of rotatable bonds is 18. The third-order valence-corrected chi connectivity index (χ3v) is 14.6. The van der Waals surface area contributed by atoms with Gasteiger partial charge in [-0.1, -0.05) is 37.8 Å². The second-order valence-electron chi connectivity index (χ2n) is 16.0. The van der Waals surface area contributed by atoms with Crippen molar-refractivity contribution in [2.75, 3.05) is 43.6 Å². The Morgan fingerprint density at radius 2 is 1.68 bits per heavy atom. The van der Waals surface area contributed by atoms with Crippen molar-refractivity contribution in [2.24, 2.45) is 7.05 Å². The number of hydrogen-bond acceptors (Lipinski definition) is 12. The molecular weight excluding hydrogens is 835 g/mol. The SMILES string of the molecule is COc1cc(-c2cn(C)c(=O)c3cc(C(=N)NC4CCS(=O)(=O)CC4)sc23)ccc1OCC(=O)NCCCCCCCCNc1cccc2c1CN(C1CCC(=O)NC1=O)C2=O. The number of pyridine rings is 1. The van der Waals surface area contributed by atoms with Gasteiger partial charge < -0.3 is 34.9 Å². The van der Waals surface area contributed by atoms with Crippen molar-refractivity contribution in [2.45, 2.75) is 82.8 Å². The van der Waals surface area contributed by atoms with E-state index in [2.05, 4.69) is 21.3 Å². The molecule has 4 amide bonds. The van der Waals surface area contributed by atoms with E-state index in [0.717, 1.165) is 67.4 Å². The standard InChI is InChI=1S/C44H53N7O9S2/c1-50-24-31(40-30(43(50)55)23-37(61-40)41(45)48-28-16-20-62(57,58)21-17-28)27-12-14-35(36(22-27)59-2)60-26-39(53)47-19-8-6-4-3-5-7-18-46-33-11-9-10-29-32(33)25-51(44(29)56)34-13-15-38(52)49-42(34)54/h9-12,14,22-24,28,34,46H,3-8,13,15-21,25-26H2,1-2H3,(H2,45,48)(H,47,53)(H,49,52,54). The van der Waals surface area contributed by atoms with Gasteiger partial charge in [0.15, 0.2) is 18.1 Å². The highest BCUT2D eigenvalue weighted by atomic mass is 32.2. The number of imide groups is 1. The summed E-state index contributed by atoms with van der Waals surface area (Å²) < 4.78 is 37.4. The fourth-order valence-electron chi connectivity index (χ4n) is 8.20. The molecule has 0 radical (unpaired) electrons. The third kappa shape index (κ3) is 10.3. The molecule has 5 heterocycles. The van der Waals surface area contributed by atoms with Crippen LogP contribution in [0.2, 0.25) is 0 Å². The number of benzene rings is 2. The van der Waals surface area contributed by atoms with Gasteiger partial charge in [-0.2, -0.15) is 0 Å². The number of fused-ring (bicyclic) bond motifs is 2. The smallest absolute Gasteiger partial charge is 0.259 e. The number of ether oxygens (including phenoxy) is 2. The van der Waals surface area contributed by atoms with Crippen molar-refractivity contribution in [3.05, 3.63) is 75.0 Å². The van der Waals surface area contributed by atoms with Crippen molar-refractivity contribution < 1.29 is 37.1 Å². The van der Waals surface area contributed by atoms with E-state index in [-0.39, 0.29) is 59.7 Å². The number of thiophene rings is 1. The van der Waals surface area contributed by atoms with Crippen LogP contribution in [0.15, 0.2) is 53.5 Å². The average molecular weight is 888 g/mol. The molecule has 16 nitrogen and oxygen atoms in total. The number of piperidine rings is 1. The Morgan fingerprint density at radius 1 is 0.935 bits per heavy atom. The van der Waals surface area contributed by atoms with Crippen LogP contribution in [-0.4, -0.2) is 97.7 Å². The first-order chi connectivity index (χ1) is 29.8. The molecule has 3 aliphatic heterocycles. The molecule has 0 spiro atoms. The first-order valence-corrected chi connectivity index (χ1v) is 23.7. The van der Waals surface area contributed by atoms with Gasteiger partial charge in [0.05, 0.1) is 28.9 Å². The van der Waals surface area contributed by atoms with E-state index in [1.807, 2.05) is 18.2 Å². The summed E-state index contributed by atoms with van der Waals surface area (Å²) in [5, 5.41) is 21.1. The summed E-state index contributed by atoms with van der Waals surface area (Å²) in [6, 6.07) is 11.9. The lowest BCUT2D eigenvalue weighted by Gasteiger charge is -2.29. The highest BCUT2D eigenvalue weighted by Gasteiger charge is 2.40. The van der Waals surface area contributed by atoms with E-state index in [9.17, 15) is 32.4 Å². The summed E-state index contributed by atoms with van der Waals surface area (Å²) in [6.07, 6.45) is 9.07. The van der Waals surface area contributed by atoms with Crippen LogP contribution >= 0.6 is 11.3 Å². The van der Waals surface area contributed by atoms with Crippen molar-refractivity contribution in [3.8, 4) is 22.6 Å². The number of unbranched alkanes of at least 4 members (excludes halogenated alkanes) is 5. The fourth-order valence-corrected chi connectivity index (χ4v) is 10.8. The molecular formula is C44H53N7O9S2. The quantitative estimate of drug-likeness (QED) is 0.0406. The molecule has 2 fully saturated rings. The van der Waals surface area contributed by atoms with Gasteiger partial charge in [0.1, 0.15) is 21.7 Å². The summed E-state index contributed by atoms with van der Waals surface area (Å²) in [5.41, 5.74) is 3.70. The molecule has 4 aromatic rings. The summed E-state index contributed by atoms with van der Waals surface area (Å²) in [7, 11) is 0.162. The van der Waals surface area contributed by atoms with Gasteiger partial charge in [-0.25, -0.2) is 8.42 Å². The minimum absolute atomic E-state index is 0.0914. The summed E-state index contributed by atoms with van der Waals surface area (Å²) in [4.78, 5) is 65.0. The van der Waals surface area contributed by atoms with Crippen LogP contribution in [0.5, 0.6) is 11.5 Å². The highest BCUT2D eigenvalue weighted by molar-refractivity contribution is 7.91. The molecule has 3 aliphatic rings. The predicted molar refractivity (Wildman–Crippen MR) is 238 cm³/mol. The maximum atomic E-state index is 13.1. The van der Waals surface area contributed by atoms with E-state index in [1.54, 1.807) is 42.4 Å². The molecule has 18 heteroatoms. The van der Waals surface area contributed by atoms with E-state index in [0.29, 0.717) is 64.4 Å². The number of aryl methyl sites for hydroxylation is 1. The van der Waals surface area contributed by atoms with Crippen LogP contribution < -0.4 is 36.3 Å². The predicted octanol–water partition coefficient (Wildman–Crippen LogP) is 4.48. The molecule has 5 N–H and O–H groups in total. The zero-order chi connectivity index (χ0) is 44.0. The first kappa shape index (κ1) is 44.3. The molecule has 1 atom stereocenters. The van der Waals surface area contributed by atoms with Gasteiger partial charge in [0.25, 0.3) is 17.4 Å². The largest absolute Gasteiger partial charge is 0.493 e. The Bertz CT molecular complexity index is 2540. The van der Waals surface area contributed by atoms with Crippen LogP contribution in [0.25, 0.3) is 21.2 Å². The Kier molecular flexibility index (Phi) is 14.0. The lowest BCUT2D eigenvalue weighted by atomic mass is 10.0. The van der Waals surface area contributed by atoms with Gasteiger partial charge >= 0.3 is 0 Å². The van der Waals surface area contributed by atoms with Crippen molar-refractivity contribution in [1.82, 2.24) is 25.4 Å². The van der Waals surface area contributed by atoms with Gasteiger partial charge in [0, 0.05) is 72.4 Å². The van der Waals surface area contributed by atoms with E-state index in [1.165, 1.54) is 23.0 Å². The van der Waals surface area contributed by atoms with E-state index in [4.69, 9.17) is 14.9 Å². The normalized spacial score (nSPS) is 17.4. The van der Waals surface area contributed by atoms with Crippen LogP contribution in [0.4, 0.5) is 5.69 Å². The first-order valence-electron chi connectivity index (χ1n) is 21.1. The topological polar surface area (TPSA) is 218 Å². The van der Waals surface area contributed by atoms with Crippen LogP contribution in [-0.2, 0) is 37.8 Å². The van der Waals surface area contributed by atoms with Crippen molar-refractivity contribution >= 4 is 66.4 Å². The molecule has 1 unspecified atom stereocenters. The third-order valence-electron chi connectivity index (χ3n) is 11.7. The molecule has 7 rings (SSSR count). The number of sulfone groups is 1. The average Bonchev–Trinajstić information content (AvgIpc) is 3.85. The van der Waals surface area contributed by atoms with Crippen molar-refractivity contribution in [1.29, 1.82) is 5.41 Å². The molecule has 62 heavy (non-hydrogen) atoms. The molecule has 0 saturated carbocycles. The summed E-state index contributed by atoms with van der Waals surface area (Å²) in [6.45, 7) is 1.44. The zero-order valence-corrected chi connectivity index (χ0v) is 36.6. The lowest BCUT2D eigenvalue weighted by molar-refractivity contribution is -0.137. The molecule has 2 aromatic carbocycles.